The molecule has 1 aromatic rings. The van der Waals surface area contributed by atoms with Crippen LogP contribution < -0.4 is 0 Å². The first kappa shape index (κ1) is 15.8. The van der Waals surface area contributed by atoms with Gasteiger partial charge in [-0.15, -0.1) is 0 Å². The van der Waals surface area contributed by atoms with Gasteiger partial charge < -0.3 is 14.5 Å². The molecule has 2 amide bonds. The average Bonchev–Trinajstić information content (AvgIpc) is 2.50. The van der Waals surface area contributed by atoms with Gasteiger partial charge in [-0.1, -0.05) is 15.9 Å². The molecule has 0 aliphatic carbocycles. The van der Waals surface area contributed by atoms with Crippen molar-refractivity contribution in [3.05, 3.63) is 33.8 Å². The van der Waals surface area contributed by atoms with Crippen LogP contribution in [0.5, 0.6) is 0 Å². The highest BCUT2D eigenvalue weighted by molar-refractivity contribution is 9.10. The molecule has 0 radical (unpaired) electrons. The van der Waals surface area contributed by atoms with Gasteiger partial charge in [-0.3, -0.25) is 4.79 Å². The van der Waals surface area contributed by atoms with Gasteiger partial charge in [-0.25, -0.2) is 4.79 Å². The van der Waals surface area contributed by atoms with E-state index in [0.717, 1.165) is 10.0 Å². The highest BCUT2D eigenvalue weighted by atomic mass is 79.9. The average molecular weight is 355 g/mol. The lowest BCUT2D eigenvalue weighted by atomic mass is 10.1. The molecule has 21 heavy (non-hydrogen) atoms. The van der Waals surface area contributed by atoms with Gasteiger partial charge in [0.05, 0.1) is 6.61 Å². The molecule has 1 saturated heterocycles. The van der Waals surface area contributed by atoms with Crippen LogP contribution in [0.4, 0.5) is 4.79 Å². The zero-order valence-electron chi connectivity index (χ0n) is 12.3. The Labute approximate surface area is 133 Å². The molecule has 114 valence electrons. The van der Waals surface area contributed by atoms with Gasteiger partial charge in [-0.05, 0) is 37.6 Å². The highest BCUT2D eigenvalue weighted by Gasteiger charge is 2.25. The van der Waals surface area contributed by atoms with Crippen molar-refractivity contribution in [3.63, 3.8) is 0 Å². The first-order chi connectivity index (χ1) is 10.0. The summed E-state index contributed by atoms with van der Waals surface area (Å²) >= 11 is 3.43. The van der Waals surface area contributed by atoms with Crippen molar-refractivity contribution in [2.75, 3.05) is 32.8 Å². The molecule has 0 bridgehead atoms. The van der Waals surface area contributed by atoms with Crippen LogP contribution in [-0.2, 0) is 4.74 Å². The summed E-state index contributed by atoms with van der Waals surface area (Å²) in [6.07, 6.45) is -0.302. The second-order valence-corrected chi connectivity index (χ2v) is 5.80. The third-order valence-electron chi connectivity index (χ3n) is 3.50. The van der Waals surface area contributed by atoms with Crippen LogP contribution in [0.25, 0.3) is 0 Å². The predicted molar refractivity (Wildman–Crippen MR) is 83.4 cm³/mol. The number of carbonyl (C=O) groups excluding carboxylic acids is 2. The van der Waals surface area contributed by atoms with Crippen molar-refractivity contribution in [3.8, 4) is 0 Å². The molecule has 0 N–H and O–H groups in total. The number of carbonyl (C=O) groups is 2. The van der Waals surface area contributed by atoms with E-state index in [2.05, 4.69) is 15.9 Å². The van der Waals surface area contributed by atoms with Crippen molar-refractivity contribution in [2.24, 2.45) is 0 Å². The van der Waals surface area contributed by atoms with E-state index in [1.807, 2.05) is 25.1 Å². The minimum atomic E-state index is -0.302. The topological polar surface area (TPSA) is 49.9 Å². The van der Waals surface area contributed by atoms with Gasteiger partial charge in [0.2, 0.25) is 0 Å². The van der Waals surface area contributed by atoms with Crippen LogP contribution in [0.3, 0.4) is 0 Å². The summed E-state index contributed by atoms with van der Waals surface area (Å²) in [6.45, 7) is 6.21. The Bertz CT molecular complexity index is 540. The van der Waals surface area contributed by atoms with E-state index in [-0.39, 0.29) is 12.0 Å². The minimum Gasteiger partial charge on any atom is -0.450 e. The fourth-order valence-corrected chi connectivity index (χ4v) is 2.51. The van der Waals surface area contributed by atoms with E-state index >= 15 is 0 Å². The van der Waals surface area contributed by atoms with E-state index in [4.69, 9.17) is 4.74 Å². The summed E-state index contributed by atoms with van der Waals surface area (Å²) in [5.41, 5.74) is 1.71. The SMILES string of the molecule is CCOC(=O)N1CCN(C(=O)c2ccc(Br)c(C)c2)CC1. The van der Waals surface area contributed by atoms with Gasteiger partial charge in [-0.2, -0.15) is 0 Å². The Morgan fingerprint density at radius 1 is 1.19 bits per heavy atom. The molecule has 1 heterocycles. The molecule has 0 unspecified atom stereocenters. The Hall–Kier alpha value is -1.56. The fraction of sp³-hybridized carbons (Fsp3) is 0.467. The van der Waals surface area contributed by atoms with Gasteiger partial charge in [0.1, 0.15) is 0 Å². The zero-order chi connectivity index (χ0) is 15.4. The Morgan fingerprint density at radius 3 is 2.38 bits per heavy atom. The maximum Gasteiger partial charge on any atom is 0.409 e. The number of benzene rings is 1. The second-order valence-electron chi connectivity index (χ2n) is 4.94. The van der Waals surface area contributed by atoms with Crippen molar-refractivity contribution in [1.82, 2.24) is 9.80 Å². The standard InChI is InChI=1S/C15H19BrN2O3/c1-3-21-15(20)18-8-6-17(7-9-18)14(19)12-4-5-13(16)11(2)10-12/h4-5,10H,3,6-9H2,1-2H3. The number of hydrogen-bond acceptors (Lipinski definition) is 3. The highest BCUT2D eigenvalue weighted by Crippen LogP contribution is 2.18. The maximum absolute atomic E-state index is 12.4. The second kappa shape index (κ2) is 6.93. The van der Waals surface area contributed by atoms with Crippen LogP contribution in [0.1, 0.15) is 22.8 Å². The van der Waals surface area contributed by atoms with E-state index in [9.17, 15) is 9.59 Å². The monoisotopic (exact) mass is 354 g/mol. The van der Waals surface area contributed by atoms with Gasteiger partial charge in [0.15, 0.2) is 0 Å². The van der Waals surface area contributed by atoms with Crippen LogP contribution in [0, 0.1) is 6.92 Å². The van der Waals surface area contributed by atoms with Crippen LogP contribution in [0.15, 0.2) is 22.7 Å². The molecule has 2 rings (SSSR count). The lowest BCUT2D eigenvalue weighted by Gasteiger charge is -2.34. The molecule has 1 aliphatic rings. The summed E-state index contributed by atoms with van der Waals surface area (Å²) in [7, 11) is 0. The number of ether oxygens (including phenoxy) is 1. The van der Waals surface area contributed by atoms with Crippen molar-refractivity contribution in [2.45, 2.75) is 13.8 Å². The van der Waals surface area contributed by atoms with Gasteiger partial charge in [0.25, 0.3) is 5.91 Å². The maximum atomic E-state index is 12.4. The largest absolute Gasteiger partial charge is 0.450 e. The number of rotatable bonds is 2. The number of aryl methyl sites for hydroxylation is 1. The number of amides is 2. The van der Waals surface area contributed by atoms with Crippen LogP contribution in [-0.4, -0.2) is 54.6 Å². The normalized spacial score (nSPS) is 15.0. The van der Waals surface area contributed by atoms with E-state index in [0.29, 0.717) is 38.3 Å². The van der Waals surface area contributed by atoms with Crippen molar-refractivity contribution >= 4 is 27.9 Å². The third kappa shape index (κ3) is 3.75. The summed E-state index contributed by atoms with van der Waals surface area (Å²) in [4.78, 5) is 27.5. The molecule has 1 fully saturated rings. The lowest BCUT2D eigenvalue weighted by Crippen LogP contribution is -2.50. The van der Waals surface area contributed by atoms with Gasteiger partial charge in [0, 0.05) is 36.2 Å². The van der Waals surface area contributed by atoms with Crippen LogP contribution in [0.2, 0.25) is 0 Å². The number of hydrogen-bond donors (Lipinski definition) is 0. The zero-order valence-corrected chi connectivity index (χ0v) is 13.9. The number of piperazine rings is 1. The van der Waals surface area contributed by atoms with E-state index < -0.39 is 0 Å². The molecule has 0 saturated carbocycles. The minimum absolute atomic E-state index is 0.00843. The smallest absolute Gasteiger partial charge is 0.409 e. The lowest BCUT2D eigenvalue weighted by molar-refractivity contribution is 0.0570. The first-order valence-corrected chi connectivity index (χ1v) is 7.79. The Morgan fingerprint density at radius 2 is 1.81 bits per heavy atom. The molecular formula is C15H19BrN2O3. The summed E-state index contributed by atoms with van der Waals surface area (Å²) < 4.78 is 5.96. The summed E-state index contributed by atoms with van der Waals surface area (Å²) in [6, 6.07) is 5.58. The summed E-state index contributed by atoms with van der Waals surface area (Å²) in [5.74, 6) is 0.00843. The number of halogens is 1. The first-order valence-electron chi connectivity index (χ1n) is 7.00. The van der Waals surface area contributed by atoms with E-state index in [1.165, 1.54) is 0 Å². The fourth-order valence-electron chi connectivity index (χ4n) is 2.27. The van der Waals surface area contributed by atoms with Crippen LogP contribution >= 0.6 is 15.9 Å². The molecule has 0 spiro atoms. The Kier molecular flexibility index (Phi) is 5.22. The van der Waals surface area contributed by atoms with Gasteiger partial charge >= 0.3 is 6.09 Å². The molecular weight excluding hydrogens is 336 g/mol. The molecule has 0 atom stereocenters. The molecule has 6 heteroatoms. The molecule has 0 aromatic heterocycles. The third-order valence-corrected chi connectivity index (χ3v) is 4.39. The quantitative estimate of drug-likeness (QED) is 0.820. The molecule has 1 aromatic carbocycles. The summed E-state index contributed by atoms with van der Waals surface area (Å²) in [5, 5.41) is 0. The van der Waals surface area contributed by atoms with E-state index in [1.54, 1.807) is 16.7 Å². The molecule has 5 nitrogen and oxygen atoms in total. The number of nitrogens with zero attached hydrogens (tertiary/aromatic N) is 2. The molecule has 1 aliphatic heterocycles. The predicted octanol–water partition coefficient (Wildman–Crippen LogP) is 2.67. The van der Waals surface area contributed by atoms with Crippen molar-refractivity contribution < 1.29 is 14.3 Å². The van der Waals surface area contributed by atoms with Crippen molar-refractivity contribution in [1.29, 1.82) is 0 Å². The Balaban J connectivity index is 1.97.